The molecule has 3 aromatic carbocycles. The number of hydrogen-bond acceptors (Lipinski definition) is 4. The number of ether oxygens (including phenoxy) is 1. The van der Waals surface area contributed by atoms with Crippen LogP contribution in [0.2, 0.25) is 0 Å². The number of aliphatic hydroxyl groups excluding tert-OH is 2. The summed E-state index contributed by atoms with van der Waals surface area (Å²) in [6.07, 6.45) is 0.852. The first-order chi connectivity index (χ1) is 14.6. The Labute approximate surface area is 177 Å². The van der Waals surface area contributed by atoms with Gasteiger partial charge in [0.05, 0.1) is 12.2 Å². The highest BCUT2D eigenvalue weighted by molar-refractivity contribution is 5.34. The Morgan fingerprint density at radius 2 is 1.47 bits per heavy atom. The maximum atomic E-state index is 10.6. The van der Waals surface area contributed by atoms with E-state index in [0.717, 1.165) is 16.9 Å². The second-order valence-electron chi connectivity index (χ2n) is 6.99. The van der Waals surface area contributed by atoms with Crippen LogP contribution in [-0.2, 0) is 0 Å². The zero-order valence-corrected chi connectivity index (χ0v) is 16.7. The van der Waals surface area contributed by atoms with Crippen molar-refractivity contribution in [2.45, 2.75) is 25.0 Å². The lowest BCUT2D eigenvalue weighted by atomic mass is 10.0. The molecule has 0 aromatic heterocycles. The molecule has 30 heavy (non-hydrogen) atoms. The summed E-state index contributed by atoms with van der Waals surface area (Å²) in [7, 11) is 0. The fraction of sp³-hybridized carbons (Fsp3) is 0.192. The zero-order chi connectivity index (χ0) is 21.2. The van der Waals surface area contributed by atoms with E-state index in [1.807, 2.05) is 60.7 Å². The van der Waals surface area contributed by atoms with Crippen molar-refractivity contribution in [3.8, 4) is 11.5 Å². The van der Waals surface area contributed by atoms with E-state index >= 15 is 0 Å². The third kappa shape index (κ3) is 6.36. The fourth-order valence-corrected chi connectivity index (χ4v) is 3.08. The standard InChI is InChI=1S/C26H26O4/c27-24-16-8-7-15-23(24)25(28)17-9-10-20(19-30-22-13-5-2-6-14-22)18-26(29)21-11-3-1-4-12-21/h1-9,11-16,25-29H,17-19H2/t10?,25-,26-/m1/s1. The molecule has 0 bridgehead atoms. The van der Waals surface area contributed by atoms with Gasteiger partial charge in [-0.25, -0.2) is 0 Å². The van der Waals surface area contributed by atoms with Crippen LogP contribution in [0.5, 0.6) is 11.5 Å². The molecule has 2 atom stereocenters. The second kappa shape index (κ2) is 11.0. The van der Waals surface area contributed by atoms with Crippen LogP contribution in [0.15, 0.2) is 102 Å². The number of benzene rings is 3. The van der Waals surface area contributed by atoms with E-state index in [2.05, 4.69) is 5.73 Å². The molecule has 0 radical (unpaired) electrons. The summed E-state index contributed by atoms with van der Waals surface area (Å²) in [5.74, 6) is 0.801. The van der Waals surface area contributed by atoms with Crippen LogP contribution in [0.3, 0.4) is 0 Å². The smallest absolute Gasteiger partial charge is 0.121 e. The van der Waals surface area contributed by atoms with Crippen LogP contribution in [-0.4, -0.2) is 21.9 Å². The normalized spacial score (nSPS) is 12.5. The highest BCUT2D eigenvalue weighted by Crippen LogP contribution is 2.26. The molecule has 3 N–H and O–H groups in total. The molecular weight excluding hydrogens is 376 g/mol. The highest BCUT2D eigenvalue weighted by Gasteiger charge is 2.12. The average molecular weight is 402 g/mol. The minimum absolute atomic E-state index is 0.0644. The summed E-state index contributed by atoms with van der Waals surface area (Å²) in [6.45, 7) is 0.275. The van der Waals surface area contributed by atoms with Gasteiger partial charge in [0.1, 0.15) is 18.1 Å². The molecular formula is C26H26O4. The van der Waals surface area contributed by atoms with Crippen LogP contribution >= 0.6 is 0 Å². The summed E-state index contributed by atoms with van der Waals surface area (Å²) in [5.41, 5.74) is 5.25. The number of rotatable bonds is 9. The lowest BCUT2D eigenvalue weighted by molar-refractivity contribution is 0.173. The number of phenols is 1. The largest absolute Gasteiger partial charge is 0.508 e. The summed E-state index contributed by atoms with van der Waals surface area (Å²) in [6, 6.07) is 25.6. The van der Waals surface area contributed by atoms with Gasteiger partial charge >= 0.3 is 0 Å². The van der Waals surface area contributed by atoms with Crippen molar-refractivity contribution in [1.82, 2.24) is 0 Å². The average Bonchev–Trinajstić information content (AvgIpc) is 2.78. The number of aliphatic hydroxyl groups is 2. The topological polar surface area (TPSA) is 69.9 Å². The molecule has 0 amide bonds. The van der Waals surface area contributed by atoms with E-state index in [4.69, 9.17) is 4.74 Å². The Kier molecular flexibility index (Phi) is 7.87. The van der Waals surface area contributed by atoms with Crippen molar-refractivity contribution in [3.05, 3.63) is 113 Å². The van der Waals surface area contributed by atoms with E-state index in [9.17, 15) is 15.3 Å². The first-order valence-corrected chi connectivity index (χ1v) is 9.93. The molecule has 4 heteroatoms. The molecule has 154 valence electrons. The van der Waals surface area contributed by atoms with Gasteiger partial charge in [0, 0.05) is 24.0 Å². The number of aromatic hydroxyl groups is 1. The molecule has 3 aromatic rings. The monoisotopic (exact) mass is 402 g/mol. The Morgan fingerprint density at radius 1 is 0.833 bits per heavy atom. The molecule has 0 saturated carbocycles. The van der Waals surface area contributed by atoms with Crippen molar-refractivity contribution in [1.29, 1.82) is 0 Å². The Bertz CT molecular complexity index is 976. The molecule has 0 spiro atoms. The minimum atomic E-state index is -0.839. The molecule has 4 nitrogen and oxygen atoms in total. The molecule has 0 aliphatic rings. The Balaban J connectivity index is 1.73. The van der Waals surface area contributed by atoms with Gasteiger partial charge in [0.15, 0.2) is 0 Å². The van der Waals surface area contributed by atoms with Crippen molar-refractivity contribution < 1.29 is 20.1 Å². The summed E-state index contributed by atoms with van der Waals surface area (Å²) in [5, 5.41) is 30.9. The molecule has 0 aliphatic carbocycles. The summed E-state index contributed by atoms with van der Waals surface area (Å²) >= 11 is 0. The predicted molar refractivity (Wildman–Crippen MR) is 117 cm³/mol. The Hall–Kier alpha value is -3.30. The molecule has 0 heterocycles. The van der Waals surface area contributed by atoms with Gasteiger partial charge in [-0.2, -0.15) is 0 Å². The first kappa shape index (κ1) is 21.4. The second-order valence-corrected chi connectivity index (χ2v) is 6.99. The SMILES string of the molecule is Oc1ccccc1[C@H](O)CC=C=C(COc1ccccc1)C[C@@H](O)c1ccccc1. The number of phenolic OH excluding ortho intramolecular Hbond substituents is 1. The first-order valence-electron chi connectivity index (χ1n) is 9.93. The minimum Gasteiger partial charge on any atom is -0.508 e. The van der Waals surface area contributed by atoms with Gasteiger partial charge in [-0.05, 0) is 29.8 Å². The van der Waals surface area contributed by atoms with Crippen LogP contribution in [0.25, 0.3) is 0 Å². The lowest BCUT2D eigenvalue weighted by Crippen LogP contribution is -2.06. The molecule has 3 rings (SSSR count). The van der Waals surface area contributed by atoms with E-state index in [0.29, 0.717) is 12.0 Å². The lowest BCUT2D eigenvalue weighted by Gasteiger charge is -2.14. The van der Waals surface area contributed by atoms with Crippen LogP contribution in [0.1, 0.15) is 36.2 Å². The van der Waals surface area contributed by atoms with Crippen LogP contribution in [0, 0.1) is 0 Å². The predicted octanol–water partition coefficient (Wildman–Crippen LogP) is 5.10. The number of para-hydroxylation sites is 2. The van der Waals surface area contributed by atoms with Gasteiger partial charge in [0.25, 0.3) is 0 Å². The van der Waals surface area contributed by atoms with Crippen molar-refractivity contribution >= 4 is 0 Å². The molecule has 0 fully saturated rings. The molecule has 0 aliphatic heterocycles. The molecule has 0 unspecified atom stereocenters. The van der Waals surface area contributed by atoms with E-state index in [-0.39, 0.29) is 18.8 Å². The van der Waals surface area contributed by atoms with Gasteiger partial charge in [0.2, 0.25) is 0 Å². The zero-order valence-electron chi connectivity index (χ0n) is 16.7. The van der Waals surface area contributed by atoms with Crippen LogP contribution in [0.4, 0.5) is 0 Å². The van der Waals surface area contributed by atoms with Gasteiger partial charge in [-0.15, -0.1) is 5.73 Å². The van der Waals surface area contributed by atoms with Crippen molar-refractivity contribution in [2.24, 2.45) is 0 Å². The van der Waals surface area contributed by atoms with Gasteiger partial charge in [-0.3, -0.25) is 0 Å². The maximum absolute atomic E-state index is 10.6. The van der Waals surface area contributed by atoms with E-state index < -0.39 is 12.2 Å². The van der Waals surface area contributed by atoms with Crippen molar-refractivity contribution in [3.63, 3.8) is 0 Å². The summed E-state index contributed by atoms with van der Waals surface area (Å²) < 4.78 is 5.83. The van der Waals surface area contributed by atoms with Crippen molar-refractivity contribution in [2.75, 3.05) is 6.61 Å². The Morgan fingerprint density at radius 3 is 2.17 bits per heavy atom. The third-order valence-electron chi connectivity index (χ3n) is 4.72. The summed E-state index contributed by atoms with van der Waals surface area (Å²) in [4.78, 5) is 0. The van der Waals surface area contributed by atoms with Gasteiger partial charge in [-0.1, -0.05) is 66.7 Å². The third-order valence-corrected chi connectivity index (χ3v) is 4.72. The maximum Gasteiger partial charge on any atom is 0.121 e. The quantitative estimate of drug-likeness (QED) is 0.436. The van der Waals surface area contributed by atoms with E-state index in [1.165, 1.54) is 0 Å². The van der Waals surface area contributed by atoms with E-state index in [1.54, 1.807) is 30.3 Å². The number of hydrogen-bond donors (Lipinski definition) is 3. The fourth-order valence-electron chi connectivity index (χ4n) is 3.08. The van der Waals surface area contributed by atoms with Gasteiger partial charge < -0.3 is 20.1 Å². The highest BCUT2D eigenvalue weighted by atomic mass is 16.5. The van der Waals surface area contributed by atoms with Crippen LogP contribution < -0.4 is 4.74 Å². The molecule has 0 saturated heterocycles.